The van der Waals surface area contributed by atoms with E-state index in [-0.39, 0.29) is 0 Å². The number of methoxy groups -OCH3 is 4. The Bertz CT molecular complexity index is 2380. The first-order valence-corrected chi connectivity index (χ1v) is 19.1. The van der Waals surface area contributed by atoms with Crippen LogP contribution in [-0.2, 0) is 16.0 Å². The molecule has 8 rings (SSSR count). The Labute approximate surface area is 337 Å². The molecule has 6 aromatic rings. The van der Waals surface area contributed by atoms with Crippen LogP contribution >= 0.6 is 0 Å². The molecule has 0 N–H and O–H groups in total. The van der Waals surface area contributed by atoms with Crippen molar-refractivity contribution in [3.8, 4) is 34.1 Å². The second-order valence-corrected chi connectivity index (χ2v) is 14.5. The number of hydrogen-bond acceptors (Lipinski definition) is 6. The maximum absolute atomic E-state index is 5.64. The van der Waals surface area contributed by atoms with Gasteiger partial charge in [-0.2, -0.15) is 0 Å². The SMILES string of the molecule is COc1ccc(N(c2ccc(OC)c(C)c2)c2ccc3c(c2)C(=CC2=[C]([Fe])CC=C2)c2cc(N(c4ccc(OC)cc4)c4ccc(OC)c(C)c4)ccc2-3)cc1. The normalized spacial score (nSPS) is 12.7. The molecular weight excluding hydrogens is 736 g/mol. The summed E-state index contributed by atoms with van der Waals surface area (Å²) in [4.78, 5) is 4.58. The number of benzene rings is 6. The molecule has 0 aliphatic heterocycles. The van der Waals surface area contributed by atoms with Crippen molar-refractivity contribution in [3.63, 3.8) is 0 Å². The van der Waals surface area contributed by atoms with Crippen LogP contribution in [-0.4, -0.2) is 28.4 Å². The zero-order chi connectivity index (χ0) is 38.9. The van der Waals surface area contributed by atoms with Gasteiger partial charge in [-0.25, -0.2) is 0 Å². The Balaban J connectivity index is 1.30. The Morgan fingerprint density at radius 1 is 0.482 bits per heavy atom. The predicted molar refractivity (Wildman–Crippen MR) is 225 cm³/mol. The van der Waals surface area contributed by atoms with Crippen LogP contribution in [0.25, 0.3) is 16.7 Å². The van der Waals surface area contributed by atoms with Gasteiger partial charge in [0.2, 0.25) is 0 Å². The van der Waals surface area contributed by atoms with Crippen LogP contribution in [0.1, 0.15) is 28.7 Å². The molecule has 281 valence electrons. The van der Waals surface area contributed by atoms with E-state index in [1.165, 1.54) is 11.1 Å². The van der Waals surface area contributed by atoms with Crippen LogP contribution in [0.15, 0.2) is 150 Å². The zero-order valence-electron chi connectivity index (χ0n) is 32.4. The Kier molecular flexibility index (Phi) is 10.2. The van der Waals surface area contributed by atoms with Crippen LogP contribution < -0.4 is 28.7 Å². The molecule has 0 spiro atoms. The number of hydrogen-bond donors (Lipinski definition) is 0. The average Bonchev–Trinajstić information content (AvgIpc) is 3.77. The number of fused-ring (bicyclic) bond motifs is 3. The second-order valence-electron chi connectivity index (χ2n) is 13.8. The summed E-state index contributed by atoms with van der Waals surface area (Å²) in [6.07, 6.45) is 7.54. The molecule has 2 aliphatic carbocycles. The first kappa shape index (κ1) is 36.8. The van der Waals surface area contributed by atoms with Gasteiger partial charge in [0.1, 0.15) is 0 Å². The van der Waals surface area contributed by atoms with Crippen LogP contribution in [0.4, 0.5) is 34.1 Å². The second kappa shape index (κ2) is 15.5. The standard InChI is InChI=1S/C49H43N2O4.Fe/c1-32-27-37(17-25-48(32)54-5)50(35-11-19-41(52-3)20-12-35)39-15-23-43-44-24-16-40(31-47(44)45(46(43)30-39)29-34-9-7-8-10-34)51(36-13-21-42(53-4)22-14-36)38-18-26-49(55-6)33(2)28-38;/h7,9,11-31H,8H2,1-6H3;. The fourth-order valence-electron chi connectivity index (χ4n) is 7.69. The summed E-state index contributed by atoms with van der Waals surface area (Å²) >= 11 is 4.41. The first-order chi connectivity index (χ1) is 27.3. The topological polar surface area (TPSA) is 43.4 Å². The van der Waals surface area contributed by atoms with Gasteiger partial charge in [0, 0.05) is 0 Å². The summed E-state index contributed by atoms with van der Waals surface area (Å²) in [7, 11) is 6.80. The van der Waals surface area contributed by atoms with Crippen molar-refractivity contribution in [1.82, 2.24) is 0 Å². The molecule has 6 aromatic carbocycles. The molecule has 0 fully saturated rings. The van der Waals surface area contributed by atoms with Crippen molar-refractivity contribution in [2.45, 2.75) is 20.3 Å². The van der Waals surface area contributed by atoms with Crippen molar-refractivity contribution in [1.29, 1.82) is 0 Å². The van der Waals surface area contributed by atoms with Crippen molar-refractivity contribution in [2.75, 3.05) is 38.2 Å². The summed E-state index contributed by atoms with van der Waals surface area (Å²) < 4.78 is 23.5. The molecule has 0 heterocycles. The molecule has 7 heteroatoms. The molecule has 0 saturated heterocycles. The van der Waals surface area contributed by atoms with E-state index in [2.05, 4.69) is 143 Å². The van der Waals surface area contributed by atoms with E-state index in [0.29, 0.717) is 0 Å². The fourth-order valence-corrected chi connectivity index (χ4v) is 7.99. The number of ether oxygens (including phenoxy) is 4. The number of aryl methyl sites for hydroxylation is 2. The maximum atomic E-state index is 5.64. The van der Waals surface area contributed by atoms with Crippen LogP contribution in [0.5, 0.6) is 23.0 Å². The summed E-state index contributed by atoms with van der Waals surface area (Å²) in [5, 5.41) is 0. The third kappa shape index (κ3) is 6.85. The predicted octanol–water partition coefficient (Wildman–Crippen LogP) is 12.5. The van der Waals surface area contributed by atoms with Crippen molar-refractivity contribution in [2.24, 2.45) is 0 Å². The van der Waals surface area contributed by atoms with E-state index < -0.39 is 0 Å². The van der Waals surface area contributed by atoms with Crippen LogP contribution in [0.3, 0.4) is 0 Å². The molecule has 0 aromatic heterocycles. The Morgan fingerprint density at radius 3 is 1.27 bits per heavy atom. The molecule has 0 saturated carbocycles. The molecule has 0 amide bonds. The van der Waals surface area contributed by atoms with E-state index in [1.54, 1.807) is 28.4 Å². The van der Waals surface area contributed by atoms with Crippen molar-refractivity contribution < 1.29 is 35.0 Å². The van der Waals surface area contributed by atoms with E-state index in [4.69, 9.17) is 18.9 Å². The zero-order valence-corrected chi connectivity index (χ0v) is 33.5. The molecule has 6 nitrogen and oxygen atoms in total. The fraction of sp³-hybridized carbons (Fsp3) is 0.143. The number of nitrogens with zero attached hydrogens (tertiary/aromatic N) is 2. The minimum absolute atomic E-state index is 0.806. The van der Waals surface area contributed by atoms with E-state index in [9.17, 15) is 0 Å². The van der Waals surface area contributed by atoms with E-state index in [1.807, 2.05) is 36.4 Å². The average molecular weight is 780 g/mol. The van der Waals surface area contributed by atoms with Gasteiger partial charge in [-0.05, 0) is 0 Å². The summed E-state index contributed by atoms with van der Waals surface area (Å²) in [5.74, 6) is 3.31. The number of anilines is 6. The van der Waals surface area contributed by atoms with Gasteiger partial charge in [-0.1, -0.05) is 0 Å². The van der Waals surface area contributed by atoms with Gasteiger partial charge in [-0.3, -0.25) is 0 Å². The summed E-state index contributed by atoms with van der Waals surface area (Å²) in [5.41, 5.74) is 15.3. The van der Waals surface area contributed by atoms with Gasteiger partial charge in [0.25, 0.3) is 0 Å². The number of allylic oxidation sites excluding steroid dienone is 5. The third-order valence-electron chi connectivity index (χ3n) is 10.5. The monoisotopic (exact) mass is 779 g/mol. The van der Waals surface area contributed by atoms with Crippen molar-refractivity contribution >= 4 is 39.7 Å². The van der Waals surface area contributed by atoms with Gasteiger partial charge in [-0.15, -0.1) is 0 Å². The van der Waals surface area contributed by atoms with Gasteiger partial charge in [0.15, 0.2) is 0 Å². The number of rotatable bonds is 11. The summed E-state index contributed by atoms with van der Waals surface area (Å²) in [6, 6.07) is 42.6. The summed E-state index contributed by atoms with van der Waals surface area (Å²) in [6.45, 7) is 4.15. The molecule has 0 bridgehead atoms. The quantitative estimate of drug-likeness (QED) is 0.122. The molecule has 0 atom stereocenters. The molecule has 0 radical (unpaired) electrons. The molecule has 56 heavy (non-hydrogen) atoms. The molecular formula is C49H43FeN2O4. The molecule has 2 aliphatic rings. The van der Waals surface area contributed by atoms with Gasteiger partial charge >= 0.3 is 292 Å². The molecule has 0 unspecified atom stereocenters. The van der Waals surface area contributed by atoms with Crippen molar-refractivity contribution in [3.05, 3.63) is 172 Å². The third-order valence-corrected chi connectivity index (χ3v) is 11.1. The Morgan fingerprint density at radius 2 is 0.893 bits per heavy atom. The van der Waals surface area contributed by atoms with Crippen LogP contribution in [0.2, 0.25) is 0 Å². The first-order valence-electron chi connectivity index (χ1n) is 18.5. The van der Waals surface area contributed by atoms with Gasteiger partial charge in [0.05, 0.1) is 28.4 Å². The van der Waals surface area contributed by atoms with Gasteiger partial charge < -0.3 is 18.9 Å². The van der Waals surface area contributed by atoms with E-state index >= 15 is 0 Å². The van der Waals surface area contributed by atoms with Crippen LogP contribution in [0, 0.1) is 13.8 Å². The Hall–Kier alpha value is -6.14. The van der Waals surface area contributed by atoms with E-state index in [0.717, 1.165) is 101 Å². The minimum atomic E-state index is 0.806.